The number of rotatable bonds is 6. The minimum atomic E-state index is -0.384. The summed E-state index contributed by atoms with van der Waals surface area (Å²) in [5, 5.41) is 3.17. The number of carbonyl (C=O) groups is 2. The zero-order valence-electron chi connectivity index (χ0n) is 17.5. The molecule has 0 saturated carbocycles. The highest BCUT2D eigenvalue weighted by atomic mass is 32.2. The lowest BCUT2D eigenvalue weighted by Crippen LogP contribution is -2.32. The third-order valence-corrected chi connectivity index (χ3v) is 6.02. The SMILES string of the molecule is COc1ccc(N2C(=O)C(Nc3ccc(C)cc3)=C(Sc3ccc(C)cc3)C2=O)cc1. The van der Waals surface area contributed by atoms with E-state index in [1.165, 1.54) is 16.7 Å². The molecule has 0 radical (unpaired) electrons. The van der Waals surface area contributed by atoms with Crippen molar-refractivity contribution in [2.24, 2.45) is 0 Å². The Bertz CT molecular complexity index is 1080. The molecule has 0 aliphatic carbocycles. The Kier molecular flexibility index (Phi) is 5.82. The summed E-state index contributed by atoms with van der Waals surface area (Å²) in [6.07, 6.45) is 0. The van der Waals surface area contributed by atoms with Gasteiger partial charge >= 0.3 is 0 Å². The van der Waals surface area contributed by atoms with Crippen molar-refractivity contribution in [1.82, 2.24) is 0 Å². The van der Waals surface area contributed by atoms with Gasteiger partial charge in [0.1, 0.15) is 16.4 Å². The quantitative estimate of drug-likeness (QED) is 0.538. The molecule has 1 aliphatic rings. The normalized spacial score (nSPS) is 13.7. The highest BCUT2D eigenvalue weighted by Crippen LogP contribution is 2.38. The van der Waals surface area contributed by atoms with Gasteiger partial charge in [0.15, 0.2) is 0 Å². The van der Waals surface area contributed by atoms with Gasteiger partial charge in [0.25, 0.3) is 11.8 Å². The fraction of sp³-hybridized carbons (Fsp3) is 0.120. The van der Waals surface area contributed by atoms with Gasteiger partial charge in [-0.05, 0) is 62.4 Å². The second kappa shape index (κ2) is 8.70. The minimum absolute atomic E-state index is 0.273. The summed E-state index contributed by atoms with van der Waals surface area (Å²) < 4.78 is 5.19. The van der Waals surface area contributed by atoms with Crippen molar-refractivity contribution in [1.29, 1.82) is 0 Å². The first kappa shape index (κ1) is 20.8. The van der Waals surface area contributed by atoms with Crippen LogP contribution >= 0.6 is 11.8 Å². The maximum Gasteiger partial charge on any atom is 0.283 e. The fourth-order valence-electron chi connectivity index (χ4n) is 3.19. The van der Waals surface area contributed by atoms with Gasteiger partial charge in [0.05, 0.1) is 12.8 Å². The predicted octanol–water partition coefficient (Wildman–Crippen LogP) is 5.30. The zero-order chi connectivity index (χ0) is 22.0. The van der Waals surface area contributed by atoms with Crippen LogP contribution in [0.1, 0.15) is 11.1 Å². The number of thioether (sulfide) groups is 1. The molecule has 3 aromatic carbocycles. The molecule has 0 fully saturated rings. The number of nitrogens with zero attached hydrogens (tertiary/aromatic N) is 1. The van der Waals surface area contributed by atoms with Crippen molar-refractivity contribution < 1.29 is 14.3 Å². The van der Waals surface area contributed by atoms with E-state index in [4.69, 9.17) is 4.74 Å². The van der Waals surface area contributed by atoms with Crippen LogP contribution in [0, 0.1) is 13.8 Å². The summed E-state index contributed by atoms with van der Waals surface area (Å²) >= 11 is 1.29. The van der Waals surface area contributed by atoms with E-state index in [-0.39, 0.29) is 17.5 Å². The number of aryl methyl sites for hydroxylation is 2. The first-order chi connectivity index (χ1) is 15.0. The molecule has 156 valence electrons. The van der Waals surface area contributed by atoms with E-state index in [9.17, 15) is 9.59 Å². The van der Waals surface area contributed by atoms with Gasteiger partial charge in [0.2, 0.25) is 0 Å². The maximum absolute atomic E-state index is 13.4. The van der Waals surface area contributed by atoms with Crippen LogP contribution in [-0.4, -0.2) is 18.9 Å². The molecule has 0 unspecified atom stereocenters. The van der Waals surface area contributed by atoms with E-state index >= 15 is 0 Å². The number of benzene rings is 3. The summed E-state index contributed by atoms with van der Waals surface area (Å²) in [5.41, 5.74) is 3.77. The fourth-order valence-corrected chi connectivity index (χ4v) is 4.11. The smallest absolute Gasteiger partial charge is 0.283 e. The minimum Gasteiger partial charge on any atom is -0.497 e. The van der Waals surface area contributed by atoms with Crippen LogP contribution in [0.3, 0.4) is 0 Å². The van der Waals surface area contributed by atoms with Crippen molar-refractivity contribution in [3.8, 4) is 5.75 Å². The molecule has 6 heteroatoms. The zero-order valence-corrected chi connectivity index (χ0v) is 18.3. The highest BCUT2D eigenvalue weighted by Gasteiger charge is 2.40. The van der Waals surface area contributed by atoms with Gasteiger partial charge in [0, 0.05) is 10.6 Å². The Balaban J connectivity index is 1.71. The van der Waals surface area contributed by atoms with Gasteiger partial charge in [-0.25, -0.2) is 4.90 Å². The molecule has 1 N–H and O–H groups in total. The molecule has 3 aromatic rings. The average molecular weight is 431 g/mol. The van der Waals surface area contributed by atoms with Crippen molar-refractivity contribution in [3.63, 3.8) is 0 Å². The predicted molar refractivity (Wildman–Crippen MR) is 124 cm³/mol. The number of nitrogens with one attached hydrogen (secondary N) is 1. The Morgan fingerprint density at radius 3 is 1.94 bits per heavy atom. The van der Waals surface area contributed by atoms with Gasteiger partial charge in [-0.15, -0.1) is 0 Å². The number of ether oxygens (including phenoxy) is 1. The highest BCUT2D eigenvalue weighted by molar-refractivity contribution is 8.04. The van der Waals surface area contributed by atoms with Crippen LogP contribution in [0.15, 0.2) is 88.3 Å². The van der Waals surface area contributed by atoms with Crippen LogP contribution < -0.4 is 15.0 Å². The lowest BCUT2D eigenvalue weighted by atomic mass is 10.2. The van der Waals surface area contributed by atoms with Gasteiger partial charge in [-0.2, -0.15) is 0 Å². The van der Waals surface area contributed by atoms with E-state index in [1.54, 1.807) is 31.4 Å². The molecule has 31 heavy (non-hydrogen) atoms. The Labute approximate surface area is 185 Å². The molecule has 0 aromatic heterocycles. The number of anilines is 2. The molecular weight excluding hydrogens is 408 g/mol. The van der Waals surface area contributed by atoms with Gasteiger partial charge in [-0.1, -0.05) is 47.2 Å². The summed E-state index contributed by atoms with van der Waals surface area (Å²) in [4.78, 5) is 29.1. The van der Waals surface area contributed by atoms with E-state index in [0.29, 0.717) is 16.3 Å². The van der Waals surface area contributed by atoms with Crippen molar-refractivity contribution >= 4 is 35.0 Å². The van der Waals surface area contributed by atoms with Crippen LogP contribution in [0.4, 0.5) is 11.4 Å². The second-order valence-electron chi connectivity index (χ2n) is 7.25. The van der Waals surface area contributed by atoms with E-state index < -0.39 is 0 Å². The molecule has 4 rings (SSSR count). The first-order valence-corrected chi connectivity index (χ1v) is 10.6. The standard InChI is InChI=1S/C25H22N2O3S/c1-16-4-8-18(9-5-16)26-22-23(31-21-14-6-17(2)7-15-21)25(29)27(24(22)28)19-10-12-20(30-3)13-11-19/h4-15,26H,1-3H3. The third-order valence-electron chi connectivity index (χ3n) is 4.93. The van der Waals surface area contributed by atoms with Crippen molar-refractivity contribution in [2.45, 2.75) is 18.7 Å². The number of methoxy groups -OCH3 is 1. The topological polar surface area (TPSA) is 58.6 Å². The average Bonchev–Trinajstić information content (AvgIpc) is 3.01. The van der Waals surface area contributed by atoms with Crippen LogP contribution in [-0.2, 0) is 9.59 Å². The summed E-state index contributed by atoms with van der Waals surface area (Å²) in [6.45, 7) is 4.01. The van der Waals surface area contributed by atoms with E-state index in [1.807, 2.05) is 62.4 Å². The molecule has 0 atom stereocenters. The van der Waals surface area contributed by atoms with Crippen LogP contribution in [0.25, 0.3) is 0 Å². The van der Waals surface area contributed by atoms with Gasteiger partial charge < -0.3 is 10.1 Å². The van der Waals surface area contributed by atoms with Crippen LogP contribution in [0.5, 0.6) is 5.75 Å². The molecule has 0 spiro atoms. The van der Waals surface area contributed by atoms with Crippen LogP contribution in [0.2, 0.25) is 0 Å². The molecule has 2 amide bonds. The number of carbonyl (C=O) groups excluding carboxylic acids is 2. The second-order valence-corrected chi connectivity index (χ2v) is 8.34. The number of amides is 2. The molecule has 0 bridgehead atoms. The molecule has 0 saturated heterocycles. The molecule has 1 aliphatic heterocycles. The molecule has 1 heterocycles. The number of hydrogen-bond donors (Lipinski definition) is 1. The molecular formula is C25H22N2O3S. The van der Waals surface area contributed by atoms with Gasteiger partial charge in [-0.3, -0.25) is 9.59 Å². The lowest BCUT2D eigenvalue weighted by molar-refractivity contribution is -0.120. The maximum atomic E-state index is 13.4. The number of imide groups is 1. The third kappa shape index (κ3) is 4.34. The Morgan fingerprint density at radius 2 is 1.35 bits per heavy atom. The Morgan fingerprint density at radius 1 is 0.774 bits per heavy atom. The molecule has 5 nitrogen and oxygen atoms in total. The lowest BCUT2D eigenvalue weighted by Gasteiger charge is -2.15. The summed E-state index contributed by atoms with van der Waals surface area (Å²) in [7, 11) is 1.57. The number of hydrogen-bond acceptors (Lipinski definition) is 5. The summed E-state index contributed by atoms with van der Waals surface area (Å²) in [6, 6.07) is 22.4. The van der Waals surface area contributed by atoms with Crippen molar-refractivity contribution in [2.75, 3.05) is 17.3 Å². The van der Waals surface area contributed by atoms with E-state index in [0.717, 1.165) is 21.7 Å². The Hall–Kier alpha value is -3.51. The van der Waals surface area contributed by atoms with E-state index in [2.05, 4.69) is 5.32 Å². The largest absolute Gasteiger partial charge is 0.497 e. The van der Waals surface area contributed by atoms with Crippen molar-refractivity contribution in [3.05, 3.63) is 94.5 Å². The first-order valence-electron chi connectivity index (χ1n) is 9.81. The summed E-state index contributed by atoms with van der Waals surface area (Å²) in [5.74, 6) is -0.0798. The monoisotopic (exact) mass is 430 g/mol.